The third-order valence-electron chi connectivity index (χ3n) is 3.35. The summed E-state index contributed by atoms with van der Waals surface area (Å²) in [5.41, 5.74) is 2.45. The van der Waals surface area contributed by atoms with E-state index in [4.69, 9.17) is 0 Å². The number of aromatic nitrogens is 2. The quantitative estimate of drug-likeness (QED) is 0.669. The van der Waals surface area contributed by atoms with E-state index in [1.165, 1.54) is 12.1 Å². The van der Waals surface area contributed by atoms with Gasteiger partial charge in [-0.05, 0) is 24.3 Å². The van der Waals surface area contributed by atoms with Gasteiger partial charge in [-0.2, -0.15) is 5.26 Å². The maximum absolute atomic E-state index is 13.7. The molecule has 1 heterocycles. The molecule has 2 aromatic carbocycles. The average molecular weight is 277 g/mol. The number of hydrogen-bond acceptors (Lipinski definition) is 2. The van der Waals surface area contributed by atoms with Crippen LogP contribution in [0.5, 0.6) is 0 Å². The predicted molar refractivity (Wildman–Crippen MR) is 80.6 cm³/mol. The smallest absolute Gasteiger partial charge is 0.151 e. The van der Waals surface area contributed by atoms with Crippen molar-refractivity contribution < 1.29 is 4.39 Å². The molecule has 0 fully saturated rings. The lowest BCUT2D eigenvalue weighted by molar-refractivity contribution is 0.625. The summed E-state index contributed by atoms with van der Waals surface area (Å²) in [6.07, 6.45) is 1.52. The highest BCUT2D eigenvalue weighted by molar-refractivity contribution is 5.90. The van der Waals surface area contributed by atoms with Gasteiger partial charge in [-0.25, -0.2) is 9.37 Å². The highest BCUT2D eigenvalue weighted by Gasteiger charge is 2.12. The number of para-hydroxylation sites is 2. The fourth-order valence-electron chi connectivity index (χ4n) is 2.28. The van der Waals surface area contributed by atoms with Crippen LogP contribution >= 0.6 is 0 Å². The Morgan fingerprint density at radius 1 is 1.19 bits per heavy atom. The monoisotopic (exact) mass is 277 g/mol. The van der Waals surface area contributed by atoms with Gasteiger partial charge in [0.1, 0.15) is 11.9 Å². The summed E-state index contributed by atoms with van der Waals surface area (Å²) in [5, 5.41) is 9.39. The van der Waals surface area contributed by atoms with Crippen molar-refractivity contribution in [2.75, 3.05) is 0 Å². The molecule has 4 heteroatoms. The molecule has 0 unspecified atom stereocenters. The van der Waals surface area contributed by atoms with Crippen molar-refractivity contribution in [3.63, 3.8) is 0 Å². The van der Waals surface area contributed by atoms with Crippen LogP contribution < -0.4 is 0 Å². The molecular formula is C17H12FN3. The normalized spacial score (nSPS) is 11.6. The molecule has 1 aromatic heterocycles. The Bertz CT molecular complexity index is 884. The van der Waals surface area contributed by atoms with E-state index in [1.54, 1.807) is 18.2 Å². The largest absolute Gasteiger partial charge is 0.327 e. The van der Waals surface area contributed by atoms with Crippen LogP contribution in [0.1, 0.15) is 11.4 Å². The van der Waals surface area contributed by atoms with Gasteiger partial charge in [0.05, 0.1) is 16.6 Å². The van der Waals surface area contributed by atoms with Crippen LogP contribution in [0.4, 0.5) is 4.39 Å². The number of halogens is 1. The zero-order valence-electron chi connectivity index (χ0n) is 11.4. The lowest BCUT2D eigenvalue weighted by Gasteiger charge is -2.01. The molecule has 0 amide bonds. The lowest BCUT2D eigenvalue weighted by Crippen LogP contribution is -1.96. The highest BCUT2D eigenvalue weighted by atomic mass is 19.1. The summed E-state index contributed by atoms with van der Waals surface area (Å²) < 4.78 is 15.6. The number of imidazole rings is 1. The number of nitrogens with zero attached hydrogens (tertiary/aromatic N) is 3. The van der Waals surface area contributed by atoms with Gasteiger partial charge in [0, 0.05) is 12.6 Å². The Kier molecular flexibility index (Phi) is 3.25. The van der Waals surface area contributed by atoms with Crippen LogP contribution in [0.3, 0.4) is 0 Å². The topological polar surface area (TPSA) is 41.6 Å². The standard InChI is InChI=1S/C17H12FN3/c1-21-16-9-5-4-8-15(16)20-17(21)13(11-19)10-12-6-2-3-7-14(12)18/h2-10H,1H3/b13-10-. The van der Waals surface area contributed by atoms with Crippen LogP contribution in [0.15, 0.2) is 48.5 Å². The minimum Gasteiger partial charge on any atom is -0.327 e. The maximum Gasteiger partial charge on any atom is 0.151 e. The van der Waals surface area contributed by atoms with Crippen LogP contribution in [0.2, 0.25) is 0 Å². The number of aryl methyl sites for hydroxylation is 1. The fraction of sp³-hybridized carbons (Fsp3) is 0.0588. The second-order valence-corrected chi connectivity index (χ2v) is 4.67. The van der Waals surface area contributed by atoms with Crippen LogP contribution in [0.25, 0.3) is 22.7 Å². The molecule has 3 rings (SSSR count). The molecule has 0 saturated heterocycles. The first-order valence-electron chi connectivity index (χ1n) is 6.49. The van der Waals surface area contributed by atoms with E-state index in [9.17, 15) is 9.65 Å². The number of rotatable bonds is 2. The molecule has 0 spiro atoms. The van der Waals surface area contributed by atoms with Crippen molar-refractivity contribution >= 4 is 22.7 Å². The maximum atomic E-state index is 13.7. The summed E-state index contributed by atoms with van der Waals surface area (Å²) in [4.78, 5) is 4.46. The summed E-state index contributed by atoms with van der Waals surface area (Å²) in [5.74, 6) is 0.172. The molecule has 3 aromatic rings. The third kappa shape index (κ3) is 2.30. The number of nitriles is 1. The molecule has 0 aliphatic carbocycles. The Hall–Kier alpha value is -2.93. The van der Waals surface area contributed by atoms with E-state index in [1.807, 2.05) is 35.9 Å². The van der Waals surface area contributed by atoms with Crippen molar-refractivity contribution in [1.29, 1.82) is 5.26 Å². The molecule has 0 radical (unpaired) electrons. The number of allylic oxidation sites excluding steroid dienone is 1. The van der Waals surface area contributed by atoms with Gasteiger partial charge in [-0.15, -0.1) is 0 Å². The average Bonchev–Trinajstić information content (AvgIpc) is 2.84. The van der Waals surface area contributed by atoms with Gasteiger partial charge in [0.15, 0.2) is 5.82 Å². The summed E-state index contributed by atoms with van der Waals surface area (Å²) in [6, 6.07) is 16.1. The van der Waals surface area contributed by atoms with Gasteiger partial charge in [0.2, 0.25) is 0 Å². The summed E-state index contributed by atoms with van der Waals surface area (Å²) in [7, 11) is 1.84. The van der Waals surface area contributed by atoms with Crippen molar-refractivity contribution in [3.8, 4) is 6.07 Å². The first kappa shape index (κ1) is 13.1. The minimum absolute atomic E-state index is 0.332. The minimum atomic E-state index is -0.357. The number of fused-ring (bicyclic) bond motifs is 1. The molecule has 21 heavy (non-hydrogen) atoms. The molecule has 0 atom stereocenters. The van der Waals surface area contributed by atoms with E-state index in [-0.39, 0.29) is 5.82 Å². The SMILES string of the molecule is Cn1c(/C(C#N)=C\c2ccccc2F)nc2ccccc21. The number of hydrogen-bond donors (Lipinski definition) is 0. The fourth-order valence-corrected chi connectivity index (χ4v) is 2.28. The molecule has 0 saturated carbocycles. The third-order valence-corrected chi connectivity index (χ3v) is 3.35. The molecule has 0 aliphatic rings. The van der Waals surface area contributed by atoms with Gasteiger partial charge in [0.25, 0.3) is 0 Å². The molecule has 0 N–H and O–H groups in total. The first-order chi connectivity index (χ1) is 10.2. The van der Waals surface area contributed by atoms with Gasteiger partial charge in [-0.1, -0.05) is 30.3 Å². The number of benzene rings is 2. The van der Waals surface area contributed by atoms with Crippen molar-refractivity contribution in [1.82, 2.24) is 9.55 Å². The zero-order valence-corrected chi connectivity index (χ0v) is 11.4. The second kappa shape index (κ2) is 5.22. The first-order valence-corrected chi connectivity index (χ1v) is 6.49. The molecule has 0 bridgehead atoms. The Morgan fingerprint density at radius 2 is 1.90 bits per heavy atom. The van der Waals surface area contributed by atoms with Gasteiger partial charge < -0.3 is 4.57 Å². The summed E-state index contributed by atoms with van der Waals surface area (Å²) in [6.45, 7) is 0. The van der Waals surface area contributed by atoms with E-state index < -0.39 is 0 Å². The van der Waals surface area contributed by atoms with Gasteiger partial charge in [-0.3, -0.25) is 0 Å². The van der Waals surface area contributed by atoms with Crippen LogP contribution in [-0.4, -0.2) is 9.55 Å². The van der Waals surface area contributed by atoms with E-state index >= 15 is 0 Å². The highest BCUT2D eigenvalue weighted by Crippen LogP contribution is 2.22. The second-order valence-electron chi connectivity index (χ2n) is 4.67. The van der Waals surface area contributed by atoms with E-state index in [2.05, 4.69) is 11.1 Å². The van der Waals surface area contributed by atoms with Crippen LogP contribution in [-0.2, 0) is 7.05 Å². The van der Waals surface area contributed by atoms with Gasteiger partial charge >= 0.3 is 0 Å². The Balaban J connectivity index is 2.18. The van der Waals surface area contributed by atoms with Crippen molar-refractivity contribution in [3.05, 3.63) is 65.7 Å². The van der Waals surface area contributed by atoms with Crippen LogP contribution in [0, 0.1) is 17.1 Å². The van der Waals surface area contributed by atoms with Crippen molar-refractivity contribution in [2.24, 2.45) is 7.05 Å². The van der Waals surface area contributed by atoms with E-state index in [0.29, 0.717) is 17.0 Å². The Morgan fingerprint density at radius 3 is 2.62 bits per heavy atom. The molecule has 102 valence electrons. The molecule has 0 aliphatic heterocycles. The van der Waals surface area contributed by atoms with Crippen molar-refractivity contribution in [2.45, 2.75) is 0 Å². The lowest BCUT2D eigenvalue weighted by atomic mass is 10.1. The summed E-state index contributed by atoms with van der Waals surface area (Å²) >= 11 is 0. The predicted octanol–water partition coefficient (Wildman–Crippen LogP) is 3.78. The Labute approximate surface area is 121 Å². The zero-order chi connectivity index (χ0) is 14.8. The molecule has 3 nitrogen and oxygen atoms in total. The van der Waals surface area contributed by atoms with E-state index in [0.717, 1.165) is 11.0 Å². The molecular weight excluding hydrogens is 265 g/mol.